The highest BCUT2D eigenvalue weighted by Crippen LogP contribution is 2.34. The molecule has 0 bridgehead atoms. The van der Waals surface area contributed by atoms with E-state index in [1.807, 2.05) is 18.2 Å². The SMILES string of the molecule is C(#Cc1cccc2ccccc12)/C=C/c1ccc(N(c2ccccc2)c2ccccc2)cc1. The molecule has 1 heteroatoms. The Morgan fingerprint density at radius 2 is 1.09 bits per heavy atom. The number of nitrogens with zero attached hydrogens (tertiary/aromatic N) is 1. The summed E-state index contributed by atoms with van der Waals surface area (Å²) in [6.07, 6.45) is 3.97. The largest absolute Gasteiger partial charge is 0.311 e. The van der Waals surface area contributed by atoms with Crippen molar-refractivity contribution in [2.24, 2.45) is 0 Å². The number of anilines is 3. The van der Waals surface area contributed by atoms with E-state index in [0.717, 1.165) is 28.2 Å². The number of hydrogen-bond donors (Lipinski definition) is 0. The second-order valence-electron chi connectivity index (χ2n) is 7.73. The molecule has 0 amide bonds. The van der Waals surface area contributed by atoms with Crippen LogP contribution in [0.5, 0.6) is 0 Å². The van der Waals surface area contributed by atoms with Crippen LogP contribution in [0.3, 0.4) is 0 Å². The van der Waals surface area contributed by atoms with E-state index in [2.05, 4.69) is 138 Å². The lowest BCUT2D eigenvalue weighted by Crippen LogP contribution is -2.09. The van der Waals surface area contributed by atoms with E-state index in [1.165, 1.54) is 10.8 Å². The van der Waals surface area contributed by atoms with Gasteiger partial charge in [-0.2, -0.15) is 0 Å². The molecule has 0 aliphatic heterocycles. The molecule has 1 nitrogen and oxygen atoms in total. The maximum Gasteiger partial charge on any atom is 0.0462 e. The minimum atomic E-state index is 1.05. The van der Waals surface area contributed by atoms with Crippen molar-refractivity contribution in [2.75, 3.05) is 4.90 Å². The van der Waals surface area contributed by atoms with Crippen molar-refractivity contribution in [3.05, 3.63) is 145 Å². The average Bonchev–Trinajstić information content (AvgIpc) is 2.89. The molecule has 0 atom stereocenters. The fraction of sp³-hybridized carbons (Fsp3) is 0. The molecule has 5 aromatic rings. The maximum atomic E-state index is 3.29. The fourth-order valence-electron chi connectivity index (χ4n) is 3.93. The zero-order valence-electron chi connectivity index (χ0n) is 18.2. The Kier molecular flexibility index (Phi) is 6.00. The molecule has 0 heterocycles. The third kappa shape index (κ3) is 4.71. The molecule has 0 aliphatic carbocycles. The molecule has 33 heavy (non-hydrogen) atoms. The highest BCUT2D eigenvalue weighted by molar-refractivity contribution is 5.88. The third-order valence-corrected chi connectivity index (χ3v) is 5.54. The summed E-state index contributed by atoms with van der Waals surface area (Å²) in [5.74, 6) is 6.48. The molecule has 0 N–H and O–H groups in total. The molecule has 0 saturated heterocycles. The summed E-state index contributed by atoms with van der Waals surface area (Å²) in [6.45, 7) is 0. The van der Waals surface area contributed by atoms with Crippen molar-refractivity contribution in [3.8, 4) is 11.8 Å². The van der Waals surface area contributed by atoms with Crippen molar-refractivity contribution in [1.29, 1.82) is 0 Å². The van der Waals surface area contributed by atoms with Crippen molar-refractivity contribution in [2.45, 2.75) is 0 Å². The van der Waals surface area contributed by atoms with E-state index in [9.17, 15) is 0 Å². The van der Waals surface area contributed by atoms with E-state index in [-0.39, 0.29) is 0 Å². The van der Waals surface area contributed by atoms with Crippen LogP contribution in [-0.2, 0) is 0 Å². The van der Waals surface area contributed by atoms with Gasteiger partial charge in [-0.3, -0.25) is 0 Å². The van der Waals surface area contributed by atoms with Crippen LogP contribution in [0.2, 0.25) is 0 Å². The molecule has 0 unspecified atom stereocenters. The van der Waals surface area contributed by atoms with E-state index >= 15 is 0 Å². The van der Waals surface area contributed by atoms with Gasteiger partial charge in [0.05, 0.1) is 0 Å². The van der Waals surface area contributed by atoms with Gasteiger partial charge in [-0.25, -0.2) is 0 Å². The van der Waals surface area contributed by atoms with Gasteiger partial charge in [0.25, 0.3) is 0 Å². The van der Waals surface area contributed by atoms with E-state index in [4.69, 9.17) is 0 Å². The quantitative estimate of drug-likeness (QED) is 0.263. The molecule has 0 radical (unpaired) electrons. The molecule has 0 saturated carbocycles. The van der Waals surface area contributed by atoms with Crippen molar-refractivity contribution in [1.82, 2.24) is 0 Å². The van der Waals surface area contributed by atoms with Crippen LogP contribution in [0.4, 0.5) is 17.1 Å². The highest BCUT2D eigenvalue weighted by Gasteiger charge is 2.11. The van der Waals surface area contributed by atoms with Gasteiger partial charge >= 0.3 is 0 Å². The number of allylic oxidation sites excluding steroid dienone is 1. The molecular weight excluding hydrogens is 398 g/mol. The van der Waals surface area contributed by atoms with Crippen LogP contribution in [0, 0.1) is 11.8 Å². The van der Waals surface area contributed by atoms with Gasteiger partial charge in [0.15, 0.2) is 0 Å². The zero-order valence-corrected chi connectivity index (χ0v) is 18.2. The van der Waals surface area contributed by atoms with E-state index in [1.54, 1.807) is 0 Å². The second-order valence-corrected chi connectivity index (χ2v) is 7.73. The first-order chi connectivity index (χ1) is 16.4. The Morgan fingerprint density at radius 1 is 0.515 bits per heavy atom. The van der Waals surface area contributed by atoms with Crippen LogP contribution in [0.1, 0.15) is 11.1 Å². The first kappa shape index (κ1) is 20.4. The molecule has 0 aliphatic rings. The Morgan fingerprint density at radius 3 is 1.79 bits per heavy atom. The average molecular weight is 422 g/mol. The predicted molar refractivity (Wildman–Crippen MR) is 141 cm³/mol. The summed E-state index contributed by atoms with van der Waals surface area (Å²) < 4.78 is 0. The Balaban J connectivity index is 1.38. The number of rotatable bonds is 4. The van der Waals surface area contributed by atoms with Crippen LogP contribution < -0.4 is 4.90 Å². The highest BCUT2D eigenvalue weighted by atomic mass is 15.1. The minimum absolute atomic E-state index is 1.05. The lowest BCUT2D eigenvalue weighted by Gasteiger charge is -2.25. The number of hydrogen-bond acceptors (Lipinski definition) is 1. The zero-order chi connectivity index (χ0) is 22.3. The molecular formula is C32H23N. The summed E-state index contributed by atoms with van der Waals surface area (Å²) >= 11 is 0. The standard InChI is InChI=1S/C32H23N/c1-3-17-29(18-4-1)33(30-19-5-2-6-20-30)31-24-22-26(23-25-31)12-7-8-13-27-15-11-16-28-14-9-10-21-32(27)28/h1-7,9-12,14-25H/b12-7+. The van der Waals surface area contributed by atoms with Gasteiger partial charge in [0, 0.05) is 22.6 Å². The van der Waals surface area contributed by atoms with Crippen molar-refractivity contribution in [3.63, 3.8) is 0 Å². The van der Waals surface area contributed by atoms with Gasteiger partial charge in [-0.05, 0) is 71.0 Å². The van der Waals surface area contributed by atoms with Gasteiger partial charge in [0.1, 0.15) is 0 Å². The van der Waals surface area contributed by atoms with E-state index < -0.39 is 0 Å². The fourth-order valence-corrected chi connectivity index (χ4v) is 3.93. The second kappa shape index (κ2) is 9.73. The Hall–Kier alpha value is -4.54. The number of para-hydroxylation sites is 2. The Bertz CT molecular complexity index is 1390. The first-order valence-corrected chi connectivity index (χ1v) is 11.0. The molecule has 0 spiro atoms. The first-order valence-electron chi connectivity index (χ1n) is 11.0. The predicted octanol–water partition coefficient (Wildman–Crippen LogP) is 8.37. The summed E-state index contributed by atoms with van der Waals surface area (Å²) in [5, 5.41) is 2.40. The molecule has 5 rings (SSSR count). The van der Waals surface area contributed by atoms with Crippen LogP contribution >= 0.6 is 0 Å². The summed E-state index contributed by atoms with van der Waals surface area (Å²) in [5.41, 5.74) is 5.55. The number of fused-ring (bicyclic) bond motifs is 1. The van der Waals surface area contributed by atoms with E-state index in [0.29, 0.717) is 0 Å². The van der Waals surface area contributed by atoms with Crippen molar-refractivity contribution >= 4 is 33.9 Å². The Labute approximate surface area is 195 Å². The maximum absolute atomic E-state index is 3.29. The molecule has 156 valence electrons. The third-order valence-electron chi connectivity index (χ3n) is 5.54. The van der Waals surface area contributed by atoms with Gasteiger partial charge < -0.3 is 4.90 Å². The van der Waals surface area contributed by atoms with Crippen LogP contribution in [-0.4, -0.2) is 0 Å². The van der Waals surface area contributed by atoms with Gasteiger partial charge in [-0.1, -0.05) is 96.8 Å². The lowest BCUT2D eigenvalue weighted by molar-refractivity contribution is 1.28. The monoisotopic (exact) mass is 421 g/mol. The number of benzene rings is 5. The normalized spacial score (nSPS) is 10.7. The van der Waals surface area contributed by atoms with Crippen LogP contribution in [0.25, 0.3) is 16.8 Å². The minimum Gasteiger partial charge on any atom is -0.311 e. The van der Waals surface area contributed by atoms with Gasteiger partial charge in [-0.15, -0.1) is 0 Å². The molecule has 0 aromatic heterocycles. The molecule has 0 fully saturated rings. The topological polar surface area (TPSA) is 3.24 Å². The summed E-state index contributed by atoms with van der Waals surface area (Å²) in [6, 6.07) is 44.0. The van der Waals surface area contributed by atoms with Crippen molar-refractivity contribution < 1.29 is 0 Å². The smallest absolute Gasteiger partial charge is 0.0462 e. The summed E-state index contributed by atoms with van der Waals surface area (Å²) in [4.78, 5) is 2.26. The van der Waals surface area contributed by atoms with Gasteiger partial charge in [0.2, 0.25) is 0 Å². The lowest BCUT2D eigenvalue weighted by atomic mass is 10.1. The van der Waals surface area contributed by atoms with Crippen LogP contribution in [0.15, 0.2) is 133 Å². The summed E-state index contributed by atoms with van der Waals surface area (Å²) in [7, 11) is 0. The molecule has 5 aromatic carbocycles.